The average molecular weight is 275 g/mol. The molecule has 0 aromatic heterocycles. The SMILES string of the molecule is CC(C)C(Br)C1CC(C)(C)CC(C)(C)C1. The van der Waals surface area contributed by atoms with Crippen molar-refractivity contribution in [1.29, 1.82) is 0 Å². The number of hydrogen-bond acceptors (Lipinski definition) is 0. The van der Waals surface area contributed by atoms with Crippen molar-refractivity contribution >= 4 is 15.9 Å². The second-order valence-electron chi connectivity index (χ2n) is 7.36. The zero-order chi connectivity index (χ0) is 11.9. The van der Waals surface area contributed by atoms with E-state index in [4.69, 9.17) is 0 Å². The molecule has 0 heterocycles. The van der Waals surface area contributed by atoms with Crippen LogP contribution in [0.25, 0.3) is 0 Å². The van der Waals surface area contributed by atoms with Gasteiger partial charge in [-0.05, 0) is 41.9 Å². The van der Waals surface area contributed by atoms with E-state index in [0.29, 0.717) is 15.7 Å². The van der Waals surface area contributed by atoms with E-state index in [9.17, 15) is 0 Å². The summed E-state index contributed by atoms with van der Waals surface area (Å²) in [6, 6.07) is 0. The third-order valence-corrected chi connectivity index (χ3v) is 5.48. The Morgan fingerprint density at radius 3 is 1.73 bits per heavy atom. The fourth-order valence-corrected chi connectivity index (χ4v) is 4.07. The number of hydrogen-bond donors (Lipinski definition) is 0. The van der Waals surface area contributed by atoms with Crippen molar-refractivity contribution in [2.75, 3.05) is 0 Å². The lowest BCUT2D eigenvalue weighted by Crippen LogP contribution is -2.38. The summed E-state index contributed by atoms with van der Waals surface area (Å²) in [7, 11) is 0. The molecule has 0 aliphatic heterocycles. The minimum atomic E-state index is 0.521. The number of alkyl halides is 1. The third-order valence-electron chi connectivity index (χ3n) is 3.67. The van der Waals surface area contributed by atoms with Crippen molar-refractivity contribution in [2.45, 2.75) is 65.6 Å². The lowest BCUT2D eigenvalue weighted by Gasteiger charge is -2.47. The zero-order valence-electron chi connectivity index (χ0n) is 11.2. The summed E-state index contributed by atoms with van der Waals surface area (Å²) in [5.41, 5.74) is 1.04. The molecule has 1 aliphatic carbocycles. The molecule has 1 unspecified atom stereocenters. The summed E-state index contributed by atoms with van der Waals surface area (Å²) < 4.78 is 0. The summed E-state index contributed by atoms with van der Waals surface area (Å²) in [5, 5.41) is 0. The van der Waals surface area contributed by atoms with Crippen molar-refractivity contribution in [2.24, 2.45) is 22.7 Å². The van der Waals surface area contributed by atoms with Crippen LogP contribution < -0.4 is 0 Å². The van der Waals surface area contributed by atoms with Crippen LogP contribution in [-0.4, -0.2) is 4.83 Å². The molecule has 0 saturated heterocycles. The van der Waals surface area contributed by atoms with Gasteiger partial charge < -0.3 is 0 Å². The molecule has 0 bridgehead atoms. The molecule has 1 saturated carbocycles. The normalized spacial score (nSPS) is 28.0. The first-order valence-electron chi connectivity index (χ1n) is 6.27. The van der Waals surface area contributed by atoms with Gasteiger partial charge in [0.15, 0.2) is 0 Å². The van der Waals surface area contributed by atoms with Crippen molar-refractivity contribution in [3.63, 3.8) is 0 Å². The van der Waals surface area contributed by atoms with Gasteiger partial charge in [-0.15, -0.1) is 0 Å². The maximum absolute atomic E-state index is 3.91. The molecule has 0 radical (unpaired) electrons. The highest BCUT2D eigenvalue weighted by atomic mass is 79.9. The summed E-state index contributed by atoms with van der Waals surface area (Å²) >= 11 is 3.91. The smallest absolute Gasteiger partial charge is 0.0197 e. The summed E-state index contributed by atoms with van der Waals surface area (Å²) in [6.07, 6.45) is 4.13. The Balaban J connectivity index is 2.75. The minimum Gasteiger partial charge on any atom is -0.0885 e. The maximum atomic E-state index is 3.91. The largest absolute Gasteiger partial charge is 0.0885 e. The van der Waals surface area contributed by atoms with Gasteiger partial charge in [-0.2, -0.15) is 0 Å². The molecule has 0 N–H and O–H groups in total. The molecule has 90 valence electrons. The zero-order valence-corrected chi connectivity index (χ0v) is 12.8. The van der Waals surface area contributed by atoms with E-state index in [0.717, 1.165) is 11.8 Å². The summed E-state index contributed by atoms with van der Waals surface area (Å²) in [5.74, 6) is 1.60. The number of halogens is 1. The molecular formula is C14H27Br. The second-order valence-corrected chi connectivity index (χ2v) is 8.42. The molecule has 1 heteroatoms. The minimum absolute atomic E-state index is 0.521. The van der Waals surface area contributed by atoms with Crippen LogP contribution in [-0.2, 0) is 0 Å². The molecule has 0 aromatic carbocycles. The lowest BCUT2D eigenvalue weighted by molar-refractivity contribution is 0.0624. The van der Waals surface area contributed by atoms with Crippen LogP contribution in [0.1, 0.15) is 60.8 Å². The lowest BCUT2D eigenvalue weighted by atomic mass is 9.60. The van der Waals surface area contributed by atoms with Crippen LogP contribution in [0.3, 0.4) is 0 Å². The van der Waals surface area contributed by atoms with Crippen LogP contribution in [0.2, 0.25) is 0 Å². The fourth-order valence-electron chi connectivity index (χ4n) is 3.70. The first-order valence-corrected chi connectivity index (χ1v) is 7.19. The Kier molecular flexibility index (Phi) is 3.96. The quantitative estimate of drug-likeness (QED) is 0.603. The monoisotopic (exact) mass is 274 g/mol. The Morgan fingerprint density at radius 1 is 1.00 bits per heavy atom. The van der Waals surface area contributed by atoms with Gasteiger partial charge in [0, 0.05) is 4.83 Å². The Morgan fingerprint density at radius 2 is 1.40 bits per heavy atom. The number of rotatable bonds is 2. The Hall–Kier alpha value is 0.480. The highest BCUT2D eigenvalue weighted by Gasteiger charge is 2.41. The van der Waals surface area contributed by atoms with Gasteiger partial charge in [-0.25, -0.2) is 0 Å². The topological polar surface area (TPSA) is 0 Å². The molecule has 1 fully saturated rings. The van der Waals surface area contributed by atoms with Gasteiger partial charge in [-0.1, -0.05) is 57.5 Å². The van der Waals surface area contributed by atoms with Gasteiger partial charge in [0.2, 0.25) is 0 Å². The Bertz CT molecular complexity index is 199. The van der Waals surface area contributed by atoms with Crippen LogP contribution in [0.5, 0.6) is 0 Å². The first-order chi connectivity index (χ1) is 6.63. The van der Waals surface area contributed by atoms with Gasteiger partial charge in [0.1, 0.15) is 0 Å². The van der Waals surface area contributed by atoms with Crippen LogP contribution in [0.15, 0.2) is 0 Å². The molecular weight excluding hydrogens is 248 g/mol. The van der Waals surface area contributed by atoms with E-state index < -0.39 is 0 Å². The molecule has 0 aromatic rings. The van der Waals surface area contributed by atoms with Gasteiger partial charge in [-0.3, -0.25) is 0 Å². The van der Waals surface area contributed by atoms with Crippen LogP contribution >= 0.6 is 15.9 Å². The van der Waals surface area contributed by atoms with E-state index >= 15 is 0 Å². The van der Waals surface area contributed by atoms with E-state index in [1.165, 1.54) is 19.3 Å². The highest BCUT2D eigenvalue weighted by molar-refractivity contribution is 9.09. The molecule has 0 spiro atoms. The second kappa shape index (κ2) is 4.39. The van der Waals surface area contributed by atoms with Crippen molar-refractivity contribution in [3.8, 4) is 0 Å². The molecule has 15 heavy (non-hydrogen) atoms. The molecule has 0 amide bonds. The van der Waals surface area contributed by atoms with E-state index in [1.54, 1.807) is 0 Å². The standard InChI is InChI=1S/C14H27Br/c1-10(2)12(15)11-7-13(3,4)9-14(5,6)8-11/h10-12H,7-9H2,1-6H3. The first kappa shape index (κ1) is 13.5. The maximum Gasteiger partial charge on any atom is 0.0197 e. The van der Waals surface area contributed by atoms with Crippen LogP contribution in [0, 0.1) is 22.7 Å². The van der Waals surface area contributed by atoms with Crippen molar-refractivity contribution < 1.29 is 0 Å². The van der Waals surface area contributed by atoms with E-state index in [-0.39, 0.29) is 0 Å². The summed E-state index contributed by atoms with van der Waals surface area (Å²) in [4.78, 5) is 0.691. The van der Waals surface area contributed by atoms with Crippen molar-refractivity contribution in [1.82, 2.24) is 0 Å². The molecule has 0 nitrogen and oxygen atoms in total. The van der Waals surface area contributed by atoms with Crippen molar-refractivity contribution in [3.05, 3.63) is 0 Å². The molecule has 1 aliphatic rings. The van der Waals surface area contributed by atoms with E-state index in [1.807, 2.05) is 0 Å². The highest BCUT2D eigenvalue weighted by Crippen LogP contribution is 2.51. The molecule has 1 atom stereocenters. The van der Waals surface area contributed by atoms with Gasteiger partial charge >= 0.3 is 0 Å². The van der Waals surface area contributed by atoms with Gasteiger partial charge in [0.05, 0.1) is 0 Å². The predicted octanol–water partition coefficient (Wildman–Crippen LogP) is 5.26. The fraction of sp³-hybridized carbons (Fsp3) is 1.00. The van der Waals surface area contributed by atoms with E-state index in [2.05, 4.69) is 57.5 Å². The Labute approximate surface area is 104 Å². The van der Waals surface area contributed by atoms with Crippen LogP contribution in [0.4, 0.5) is 0 Å². The molecule has 1 rings (SSSR count). The predicted molar refractivity (Wildman–Crippen MR) is 72.5 cm³/mol. The third kappa shape index (κ3) is 3.76. The average Bonchev–Trinajstić information content (AvgIpc) is 1.96. The van der Waals surface area contributed by atoms with Gasteiger partial charge in [0.25, 0.3) is 0 Å². The summed E-state index contributed by atoms with van der Waals surface area (Å²) in [6.45, 7) is 14.4.